The lowest BCUT2D eigenvalue weighted by atomic mass is 10.0. The molecule has 0 aliphatic rings. The largest absolute Gasteiger partial charge is 0.481 e. The predicted octanol–water partition coefficient (Wildman–Crippen LogP) is 1.22. The van der Waals surface area contributed by atoms with Crippen molar-refractivity contribution >= 4 is 27.6 Å². The van der Waals surface area contributed by atoms with Crippen molar-refractivity contribution in [1.82, 2.24) is 15.1 Å². The third kappa shape index (κ3) is 5.31. The molecule has 3 N–H and O–H groups in total. The van der Waals surface area contributed by atoms with E-state index < -0.39 is 27.9 Å². The van der Waals surface area contributed by atoms with Gasteiger partial charge in [-0.2, -0.15) is 5.10 Å². The summed E-state index contributed by atoms with van der Waals surface area (Å²) < 4.78 is 26.7. The first kappa shape index (κ1) is 19.4. The monoisotopic (exact) mass is 380 g/mol. The maximum Gasteiger partial charge on any atom is 0.305 e. The third-order valence-electron chi connectivity index (χ3n) is 3.48. The second-order valence-electron chi connectivity index (χ2n) is 5.66. The summed E-state index contributed by atoms with van der Waals surface area (Å²) in [5.41, 5.74) is 0.536. The number of nitrogens with zero attached hydrogens (tertiary/aromatic N) is 2. The van der Waals surface area contributed by atoms with Gasteiger partial charge in [0.15, 0.2) is 5.69 Å². The van der Waals surface area contributed by atoms with Crippen molar-refractivity contribution in [3.05, 3.63) is 47.8 Å². The molecule has 26 heavy (non-hydrogen) atoms. The Labute approximate surface area is 151 Å². The van der Waals surface area contributed by atoms with Gasteiger partial charge in [0.25, 0.3) is 5.91 Å². The van der Waals surface area contributed by atoms with Crippen LogP contribution < -0.4 is 10.0 Å². The highest BCUT2D eigenvalue weighted by Gasteiger charge is 2.24. The van der Waals surface area contributed by atoms with Crippen LogP contribution in [0.5, 0.6) is 0 Å². The summed E-state index contributed by atoms with van der Waals surface area (Å²) in [4.78, 5) is 23.8. The van der Waals surface area contributed by atoms with Gasteiger partial charge < -0.3 is 10.4 Å². The zero-order valence-corrected chi connectivity index (χ0v) is 15.2. The molecule has 1 amide bonds. The van der Waals surface area contributed by atoms with Gasteiger partial charge in [0.1, 0.15) is 0 Å². The minimum absolute atomic E-state index is 0.0361. The van der Waals surface area contributed by atoms with Gasteiger partial charge in [0, 0.05) is 12.7 Å². The molecule has 2 aromatic rings. The fourth-order valence-electron chi connectivity index (χ4n) is 2.36. The number of anilines is 1. The van der Waals surface area contributed by atoms with E-state index in [1.165, 1.54) is 10.9 Å². The molecule has 1 aromatic heterocycles. The molecule has 0 fully saturated rings. The van der Waals surface area contributed by atoms with Gasteiger partial charge in [0.2, 0.25) is 10.0 Å². The van der Waals surface area contributed by atoms with Crippen molar-refractivity contribution < 1.29 is 23.1 Å². The molecule has 0 bridgehead atoms. The average Bonchev–Trinajstić information content (AvgIpc) is 2.95. The number of nitrogens with one attached hydrogen (secondary N) is 2. The van der Waals surface area contributed by atoms with Crippen molar-refractivity contribution in [2.24, 2.45) is 0 Å². The Morgan fingerprint density at radius 3 is 2.46 bits per heavy atom. The summed E-state index contributed by atoms with van der Waals surface area (Å²) >= 11 is 0. The number of carboxylic acid groups (broad SMARTS) is 1. The molecule has 1 heterocycles. The number of rotatable bonds is 8. The van der Waals surface area contributed by atoms with Crippen LogP contribution in [0.25, 0.3) is 0 Å². The van der Waals surface area contributed by atoms with E-state index in [4.69, 9.17) is 5.11 Å². The number of carbonyl (C=O) groups excluding carboxylic acids is 1. The number of sulfonamides is 1. The van der Waals surface area contributed by atoms with Crippen LogP contribution in [-0.4, -0.2) is 41.4 Å². The zero-order chi connectivity index (χ0) is 19.3. The summed E-state index contributed by atoms with van der Waals surface area (Å²) in [7, 11) is -3.61. The topological polar surface area (TPSA) is 130 Å². The van der Waals surface area contributed by atoms with E-state index in [2.05, 4.69) is 15.1 Å². The second kappa shape index (κ2) is 8.00. The lowest BCUT2D eigenvalue weighted by molar-refractivity contribution is -0.137. The highest BCUT2D eigenvalue weighted by molar-refractivity contribution is 7.92. The number of aliphatic carboxylic acids is 1. The molecule has 1 aromatic carbocycles. The molecule has 140 valence electrons. The summed E-state index contributed by atoms with van der Waals surface area (Å²) in [6.07, 6.45) is 2.05. The molecule has 0 spiro atoms. The average molecular weight is 380 g/mol. The Balaban J connectivity index is 2.31. The molecule has 0 aliphatic heterocycles. The van der Waals surface area contributed by atoms with E-state index in [1.54, 1.807) is 37.3 Å². The Kier molecular flexibility index (Phi) is 5.98. The van der Waals surface area contributed by atoms with Crippen molar-refractivity contribution in [2.45, 2.75) is 25.9 Å². The highest BCUT2D eigenvalue weighted by atomic mass is 32.2. The predicted molar refractivity (Wildman–Crippen MR) is 95.3 cm³/mol. The summed E-state index contributed by atoms with van der Waals surface area (Å²) in [6.45, 7) is 2.22. The molecule has 10 heteroatoms. The van der Waals surface area contributed by atoms with Crippen LogP contribution in [0.15, 0.2) is 36.5 Å². The lowest BCUT2D eigenvalue weighted by Gasteiger charge is -2.17. The van der Waals surface area contributed by atoms with Gasteiger partial charge in [-0.25, -0.2) is 8.42 Å². The quantitative estimate of drug-likeness (QED) is 0.631. The number of hydrogen-bond donors (Lipinski definition) is 3. The minimum atomic E-state index is -3.61. The van der Waals surface area contributed by atoms with Crippen LogP contribution in [0, 0.1) is 0 Å². The standard InChI is InChI=1S/C16H20N4O5S/c1-3-20-10-13(19-26(2,24)25)15(18-20)16(23)17-12(9-14(21)22)11-7-5-4-6-8-11/h4-8,10,12,19H,3,9H2,1-2H3,(H,17,23)(H,21,22). The molecule has 0 saturated carbocycles. The van der Waals surface area contributed by atoms with Crippen LogP contribution in [-0.2, 0) is 21.4 Å². The van der Waals surface area contributed by atoms with Crippen LogP contribution in [0.3, 0.4) is 0 Å². The number of carbonyl (C=O) groups is 2. The normalized spacial score (nSPS) is 12.4. The molecule has 0 aliphatic carbocycles. The Morgan fingerprint density at radius 2 is 1.92 bits per heavy atom. The number of amides is 1. The van der Waals surface area contributed by atoms with Crippen molar-refractivity contribution in [3.8, 4) is 0 Å². The maximum absolute atomic E-state index is 12.6. The number of carboxylic acids is 1. The van der Waals surface area contributed by atoms with Gasteiger partial charge in [-0.15, -0.1) is 0 Å². The van der Waals surface area contributed by atoms with Crippen LogP contribution in [0.4, 0.5) is 5.69 Å². The first-order valence-electron chi connectivity index (χ1n) is 7.82. The van der Waals surface area contributed by atoms with E-state index >= 15 is 0 Å². The Hall–Kier alpha value is -2.88. The molecule has 1 atom stereocenters. The van der Waals surface area contributed by atoms with Crippen LogP contribution in [0.2, 0.25) is 0 Å². The van der Waals surface area contributed by atoms with E-state index in [0.29, 0.717) is 12.1 Å². The number of aryl methyl sites for hydroxylation is 1. The van der Waals surface area contributed by atoms with Crippen LogP contribution in [0.1, 0.15) is 35.4 Å². The molecule has 0 radical (unpaired) electrons. The highest BCUT2D eigenvalue weighted by Crippen LogP contribution is 2.20. The second-order valence-corrected chi connectivity index (χ2v) is 7.40. The third-order valence-corrected chi connectivity index (χ3v) is 4.07. The van der Waals surface area contributed by atoms with Crippen molar-refractivity contribution in [1.29, 1.82) is 0 Å². The molecule has 2 rings (SSSR count). The summed E-state index contributed by atoms with van der Waals surface area (Å²) in [5.74, 6) is -1.74. The maximum atomic E-state index is 12.6. The van der Waals surface area contributed by atoms with Crippen LogP contribution >= 0.6 is 0 Å². The van der Waals surface area contributed by atoms with Gasteiger partial charge in [-0.3, -0.25) is 19.0 Å². The SMILES string of the molecule is CCn1cc(NS(C)(=O)=O)c(C(=O)NC(CC(=O)O)c2ccccc2)n1. The fraction of sp³-hybridized carbons (Fsp3) is 0.312. The van der Waals surface area contributed by atoms with Gasteiger partial charge in [-0.05, 0) is 12.5 Å². The summed E-state index contributed by atoms with van der Waals surface area (Å²) in [5, 5.41) is 15.8. The van der Waals surface area contributed by atoms with E-state index in [9.17, 15) is 18.0 Å². The smallest absolute Gasteiger partial charge is 0.305 e. The summed E-state index contributed by atoms with van der Waals surface area (Å²) in [6, 6.07) is 7.87. The fourth-order valence-corrected chi connectivity index (χ4v) is 2.91. The zero-order valence-electron chi connectivity index (χ0n) is 14.3. The molecule has 0 saturated heterocycles. The Morgan fingerprint density at radius 1 is 1.27 bits per heavy atom. The molecule has 9 nitrogen and oxygen atoms in total. The van der Waals surface area contributed by atoms with E-state index in [1.807, 2.05) is 0 Å². The van der Waals surface area contributed by atoms with Gasteiger partial charge in [-0.1, -0.05) is 30.3 Å². The minimum Gasteiger partial charge on any atom is -0.481 e. The Bertz CT molecular complexity index is 893. The van der Waals surface area contributed by atoms with E-state index in [-0.39, 0.29) is 17.8 Å². The van der Waals surface area contributed by atoms with Gasteiger partial charge >= 0.3 is 5.97 Å². The molecular formula is C16H20N4O5S. The first-order chi connectivity index (χ1) is 12.2. The number of benzene rings is 1. The van der Waals surface area contributed by atoms with Crippen molar-refractivity contribution in [3.63, 3.8) is 0 Å². The lowest BCUT2D eigenvalue weighted by Crippen LogP contribution is -2.31. The number of aromatic nitrogens is 2. The first-order valence-corrected chi connectivity index (χ1v) is 9.71. The van der Waals surface area contributed by atoms with Crippen molar-refractivity contribution in [2.75, 3.05) is 11.0 Å². The number of hydrogen-bond acceptors (Lipinski definition) is 5. The molecular weight excluding hydrogens is 360 g/mol. The van der Waals surface area contributed by atoms with Gasteiger partial charge in [0.05, 0.1) is 24.4 Å². The van der Waals surface area contributed by atoms with E-state index in [0.717, 1.165) is 6.26 Å². The molecule has 1 unspecified atom stereocenters.